The molecule has 1 unspecified atom stereocenters. The molecule has 11 nitrogen and oxygen atoms in total. The summed E-state index contributed by atoms with van der Waals surface area (Å²) < 4.78 is 6.07. The summed E-state index contributed by atoms with van der Waals surface area (Å²) in [6.07, 6.45) is 0.845. The van der Waals surface area contributed by atoms with Gasteiger partial charge in [0.1, 0.15) is 11.8 Å². The molecule has 1 heterocycles. The number of rotatable bonds is 12. The van der Waals surface area contributed by atoms with Gasteiger partial charge >= 0.3 is 6.03 Å². The van der Waals surface area contributed by atoms with Gasteiger partial charge < -0.3 is 36.4 Å². The van der Waals surface area contributed by atoms with Crippen LogP contribution in [0.4, 0.5) is 10.5 Å². The van der Waals surface area contributed by atoms with E-state index in [4.69, 9.17) is 15.3 Å². The number of urea groups is 1. The highest BCUT2D eigenvalue weighted by Crippen LogP contribution is 2.61. The van der Waals surface area contributed by atoms with Crippen molar-refractivity contribution in [3.05, 3.63) is 47.5 Å². The number of anilines is 1. The molecule has 270 valence electrons. The normalized spacial score (nSPS) is 30.0. The van der Waals surface area contributed by atoms with E-state index in [1.807, 2.05) is 51.0 Å². The zero-order chi connectivity index (χ0) is 35.8. The molecule has 4 fully saturated rings. The zero-order valence-corrected chi connectivity index (χ0v) is 30.7. The monoisotopic (exact) mass is 678 g/mol. The third-order valence-corrected chi connectivity index (χ3v) is 11.5. The molecule has 1 saturated heterocycles. The smallest absolute Gasteiger partial charge is 0.315 e. The van der Waals surface area contributed by atoms with Gasteiger partial charge in [-0.15, -0.1) is 0 Å². The zero-order valence-electron chi connectivity index (χ0n) is 30.7. The minimum Gasteiger partial charge on any atom is -0.496 e. The molecule has 0 spiro atoms. The van der Waals surface area contributed by atoms with Gasteiger partial charge in [0.25, 0.3) is 0 Å². The number of aliphatic hydroxyl groups excluding tert-OH is 1. The second-order valence-corrected chi connectivity index (χ2v) is 15.5. The third kappa shape index (κ3) is 7.55. The van der Waals surface area contributed by atoms with E-state index in [2.05, 4.69) is 54.9 Å². The number of hydrogen-bond donors (Lipinski definition) is 5. The van der Waals surface area contributed by atoms with Crippen molar-refractivity contribution in [2.75, 3.05) is 32.6 Å². The number of methoxy groups -OCH3 is 1. The SMILES string of the molecule is COc1c(CN2O[C@@H](CN)[C@H]([C@H](C)O)[C@H]2C(=O)N[C@H]2C[C@@]3(C)C[C@H](C3C)[C@@H]2C)cccc1-c1cc(CNC(=O)NC(C)C)cc(N(C)C)c1. The Labute approximate surface area is 292 Å². The minimum atomic E-state index is -0.805. The van der Waals surface area contributed by atoms with Gasteiger partial charge in [-0.25, -0.2) is 4.79 Å². The van der Waals surface area contributed by atoms with E-state index in [1.54, 1.807) is 19.1 Å². The van der Waals surface area contributed by atoms with Crippen molar-refractivity contribution in [3.63, 3.8) is 0 Å². The molecule has 4 aliphatic rings. The lowest BCUT2D eigenvalue weighted by Gasteiger charge is -2.62. The largest absolute Gasteiger partial charge is 0.496 e. The number of ether oxygens (including phenoxy) is 1. The van der Waals surface area contributed by atoms with Crippen molar-refractivity contribution in [1.82, 2.24) is 21.0 Å². The maximum atomic E-state index is 14.2. The van der Waals surface area contributed by atoms with E-state index in [0.717, 1.165) is 34.4 Å². The molecule has 2 bridgehead atoms. The third-order valence-electron chi connectivity index (χ3n) is 11.5. The molecule has 11 heteroatoms. The first-order valence-corrected chi connectivity index (χ1v) is 17.8. The van der Waals surface area contributed by atoms with Crippen LogP contribution in [0.5, 0.6) is 5.75 Å². The Bertz CT molecular complexity index is 1500. The number of amides is 3. The molecule has 3 amide bonds. The highest BCUT2D eigenvalue weighted by Gasteiger charge is 2.57. The van der Waals surface area contributed by atoms with Crippen molar-refractivity contribution in [3.8, 4) is 16.9 Å². The van der Waals surface area contributed by atoms with E-state index in [-0.39, 0.29) is 42.5 Å². The first kappa shape index (κ1) is 36.9. The molecule has 1 aliphatic heterocycles. The number of benzene rings is 2. The molecular weight excluding hydrogens is 620 g/mol. The molecule has 9 atom stereocenters. The van der Waals surface area contributed by atoms with Gasteiger partial charge in [0.2, 0.25) is 5.91 Å². The lowest BCUT2D eigenvalue weighted by Crippen LogP contribution is -2.62. The topological polar surface area (TPSA) is 141 Å². The van der Waals surface area contributed by atoms with E-state index < -0.39 is 24.2 Å². The highest BCUT2D eigenvalue weighted by molar-refractivity contribution is 5.83. The van der Waals surface area contributed by atoms with Crippen LogP contribution in [0.1, 0.15) is 65.5 Å². The Morgan fingerprint density at radius 3 is 2.51 bits per heavy atom. The number of aliphatic hydroxyl groups is 1. The summed E-state index contributed by atoms with van der Waals surface area (Å²) in [4.78, 5) is 35.0. The van der Waals surface area contributed by atoms with Gasteiger partial charge in [-0.1, -0.05) is 39.0 Å². The number of fused-ring (bicyclic) bond motifs is 2. The molecule has 6 N–H and O–H groups in total. The second kappa shape index (κ2) is 14.8. The van der Waals surface area contributed by atoms with E-state index in [9.17, 15) is 14.7 Å². The number of carbonyl (C=O) groups excluding carboxylic acids is 2. The summed E-state index contributed by atoms with van der Waals surface area (Å²) in [6.45, 7) is 13.3. The van der Waals surface area contributed by atoms with Crippen LogP contribution < -0.4 is 31.3 Å². The highest BCUT2D eigenvalue weighted by atomic mass is 16.7. The van der Waals surface area contributed by atoms with Crippen LogP contribution in [0.25, 0.3) is 11.1 Å². The van der Waals surface area contributed by atoms with E-state index in [1.165, 1.54) is 6.42 Å². The maximum absolute atomic E-state index is 14.2. The van der Waals surface area contributed by atoms with Crippen molar-refractivity contribution in [2.24, 2.45) is 34.8 Å². The molecule has 49 heavy (non-hydrogen) atoms. The fourth-order valence-corrected chi connectivity index (χ4v) is 8.56. The fraction of sp³-hybridized carbons (Fsp3) is 0.632. The number of para-hydroxylation sites is 1. The summed E-state index contributed by atoms with van der Waals surface area (Å²) in [6, 6.07) is 11.3. The first-order chi connectivity index (χ1) is 23.2. The quantitative estimate of drug-likeness (QED) is 0.224. The Hall–Kier alpha value is -3.38. The van der Waals surface area contributed by atoms with E-state index in [0.29, 0.717) is 30.0 Å². The number of carbonyl (C=O) groups is 2. The molecule has 2 aromatic carbocycles. The molecular formula is C38H58N6O5. The van der Waals surface area contributed by atoms with Crippen LogP contribution in [0, 0.1) is 29.1 Å². The molecule has 0 aromatic heterocycles. The Morgan fingerprint density at radius 1 is 1.16 bits per heavy atom. The number of hydroxylamine groups is 2. The van der Waals surface area contributed by atoms with Crippen molar-refractivity contribution < 1.29 is 24.3 Å². The van der Waals surface area contributed by atoms with Crippen LogP contribution in [-0.4, -0.2) is 80.2 Å². The molecule has 0 radical (unpaired) electrons. The van der Waals surface area contributed by atoms with Crippen molar-refractivity contribution in [2.45, 2.75) is 97.8 Å². The van der Waals surface area contributed by atoms with Gasteiger partial charge in [-0.2, -0.15) is 5.06 Å². The van der Waals surface area contributed by atoms with Crippen molar-refractivity contribution in [1.29, 1.82) is 0 Å². The Balaban J connectivity index is 1.43. The lowest BCUT2D eigenvalue weighted by molar-refractivity contribution is -0.176. The summed E-state index contributed by atoms with van der Waals surface area (Å²) in [5.74, 6) is 1.67. The summed E-state index contributed by atoms with van der Waals surface area (Å²) in [7, 11) is 5.61. The predicted octanol–water partition coefficient (Wildman–Crippen LogP) is 4.26. The molecule has 3 aliphatic carbocycles. The average molecular weight is 679 g/mol. The summed E-state index contributed by atoms with van der Waals surface area (Å²) in [5.41, 5.74) is 11.0. The van der Waals surface area contributed by atoms with Gasteiger partial charge in [0.05, 0.1) is 25.9 Å². The first-order valence-electron chi connectivity index (χ1n) is 17.8. The number of nitrogens with one attached hydrogen (secondary N) is 3. The fourth-order valence-electron chi connectivity index (χ4n) is 8.56. The Kier molecular flexibility index (Phi) is 11.2. The molecule has 6 rings (SSSR count). The summed E-state index contributed by atoms with van der Waals surface area (Å²) in [5, 5.41) is 21.9. The van der Waals surface area contributed by atoms with Crippen LogP contribution >= 0.6 is 0 Å². The van der Waals surface area contributed by atoms with Crippen LogP contribution in [0.15, 0.2) is 36.4 Å². The lowest BCUT2D eigenvalue weighted by atomic mass is 9.44. The minimum absolute atomic E-state index is 0.0329. The number of nitrogens with two attached hydrogens (primary N) is 1. The predicted molar refractivity (Wildman–Crippen MR) is 193 cm³/mol. The van der Waals surface area contributed by atoms with Gasteiger partial charge in [-0.05, 0) is 86.1 Å². The van der Waals surface area contributed by atoms with Gasteiger partial charge in [0.15, 0.2) is 0 Å². The van der Waals surface area contributed by atoms with Gasteiger partial charge in [-0.3, -0.25) is 9.63 Å². The molecule has 3 saturated carbocycles. The summed E-state index contributed by atoms with van der Waals surface area (Å²) >= 11 is 0. The van der Waals surface area contributed by atoms with Crippen LogP contribution in [0.3, 0.4) is 0 Å². The standard InChI is InChI=1S/C38H58N6O5/c1-21(2)41-37(47)40-19-25-13-27(15-28(14-25)43(7)8)29-12-10-11-26(35(29)48-9)20-44-34(33(24(5)45)32(18-39)49-44)36(46)42-31-17-38(6)16-30(22(31)3)23(38)4/h10-15,21-24,30-34,45H,16-20,39H2,1-9H3,(H,42,46)(H2,40,41,47)/t22-,23?,24-,30-,31-,32-,33-,34-,38+/m0/s1. The van der Waals surface area contributed by atoms with Crippen LogP contribution in [0.2, 0.25) is 0 Å². The maximum Gasteiger partial charge on any atom is 0.315 e. The van der Waals surface area contributed by atoms with Gasteiger partial charge in [0, 0.05) is 62.0 Å². The number of nitrogens with zero attached hydrogens (tertiary/aromatic N) is 2. The average Bonchev–Trinajstić information content (AvgIpc) is 3.43. The van der Waals surface area contributed by atoms with E-state index >= 15 is 0 Å². The second-order valence-electron chi connectivity index (χ2n) is 15.5. The van der Waals surface area contributed by atoms with Crippen LogP contribution in [-0.2, 0) is 22.7 Å². The Morgan fingerprint density at radius 2 is 1.90 bits per heavy atom. The molecule has 2 aromatic rings. The number of hydrogen-bond acceptors (Lipinski definition) is 8. The van der Waals surface area contributed by atoms with Crippen molar-refractivity contribution >= 4 is 17.6 Å².